The molecule has 1 aliphatic heterocycles. The summed E-state index contributed by atoms with van der Waals surface area (Å²) in [6, 6.07) is 3.22. The molecular formula is C14H25N3. The first-order valence-corrected chi connectivity index (χ1v) is 7.20. The van der Waals surface area contributed by atoms with E-state index in [1.165, 1.54) is 38.8 Å². The Hall–Kier alpha value is -0.590. The summed E-state index contributed by atoms with van der Waals surface area (Å²) in [5, 5.41) is 13.0. The largest absolute Gasteiger partial charge is 0.300 e. The topological polar surface area (TPSA) is 39.1 Å². The van der Waals surface area contributed by atoms with Crippen molar-refractivity contribution in [3.05, 3.63) is 0 Å². The van der Waals surface area contributed by atoms with Crippen molar-refractivity contribution in [2.24, 2.45) is 0 Å². The summed E-state index contributed by atoms with van der Waals surface area (Å²) in [7, 11) is 0. The molecular weight excluding hydrogens is 210 g/mol. The van der Waals surface area contributed by atoms with Gasteiger partial charge in [0.15, 0.2) is 0 Å². The molecule has 96 valence electrons. The molecule has 0 aromatic carbocycles. The highest BCUT2D eigenvalue weighted by molar-refractivity contribution is 5.11. The van der Waals surface area contributed by atoms with E-state index >= 15 is 0 Å². The van der Waals surface area contributed by atoms with Gasteiger partial charge in [0.2, 0.25) is 0 Å². The van der Waals surface area contributed by atoms with Crippen LogP contribution in [0.5, 0.6) is 0 Å². The summed E-state index contributed by atoms with van der Waals surface area (Å²) >= 11 is 0. The molecule has 17 heavy (non-hydrogen) atoms. The van der Waals surface area contributed by atoms with Crippen LogP contribution in [0.15, 0.2) is 0 Å². The summed E-state index contributed by atoms with van der Waals surface area (Å²) in [4.78, 5) is 2.61. The maximum absolute atomic E-state index is 9.50. The summed E-state index contributed by atoms with van der Waals surface area (Å²) in [5.41, 5.74) is -0.235. The molecule has 1 saturated heterocycles. The van der Waals surface area contributed by atoms with Gasteiger partial charge in [-0.25, -0.2) is 0 Å². The summed E-state index contributed by atoms with van der Waals surface area (Å²) in [6.07, 6.45) is 8.36. The Balaban J connectivity index is 1.96. The number of hydrogen-bond donors (Lipinski definition) is 1. The van der Waals surface area contributed by atoms with Crippen molar-refractivity contribution < 1.29 is 0 Å². The minimum atomic E-state index is -0.235. The second-order valence-corrected chi connectivity index (χ2v) is 5.61. The molecule has 2 fully saturated rings. The quantitative estimate of drug-likeness (QED) is 0.812. The van der Waals surface area contributed by atoms with Crippen molar-refractivity contribution in [2.45, 2.75) is 63.5 Å². The zero-order valence-corrected chi connectivity index (χ0v) is 11.0. The SMILES string of the molecule is CCCNC1(C#N)CCCC(N2CCCC2)C1. The molecule has 1 saturated carbocycles. The maximum atomic E-state index is 9.50. The summed E-state index contributed by atoms with van der Waals surface area (Å²) in [5.74, 6) is 0. The van der Waals surface area contributed by atoms with E-state index in [0.717, 1.165) is 25.8 Å². The molecule has 0 amide bonds. The minimum absolute atomic E-state index is 0.235. The van der Waals surface area contributed by atoms with Crippen LogP contribution in [-0.4, -0.2) is 36.1 Å². The average molecular weight is 235 g/mol. The number of hydrogen-bond acceptors (Lipinski definition) is 3. The molecule has 1 aliphatic carbocycles. The molecule has 2 unspecified atom stereocenters. The van der Waals surface area contributed by atoms with Crippen LogP contribution in [0.3, 0.4) is 0 Å². The van der Waals surface area contributed by atoms with Gasteiger partial charge in [0, 0.05) is 6.04 Å². The Morgan fingerprint density at radius 1 is 1.35 bits per heavy atom. The van der Waals surface area contributed by atoms with Crippen molar-refractivity contribution in [3.8, 4) is 6.07 Å². The molecule has 1 N–H and O–H groups in total. The highest BCUT2D eigenvalue weighted by Crippen LogP contribution is 2.32. The van der Waals surface area contributed by atoms with Crippen LogP contribution in [-0.2, 0) is 0 Å². The first-order chi connectivity index (χ1) is 8.29. The van der Waals surface area contributed by atoms with E-state index in [0.29, 0.717) is 6.04 Å². The molecule has 3 nitrogen and oxygen atoms in total. The molecule has 2 rings (SSSR count). The smallest absolute Gasteiger partial charge is 0.108 e. The minimum Gasteiger partial charge on any atom is -0.300 e. The first-order valence-electron chi connectivity index (χ1n) is 7.20. The molecule has 2 aliphatic rings. The molecule has 0 spiro atoms. The van der Waals surface area contributed by atoms with Gasteiger partial charge in [-0.15, -0.1) is 0 Å². The van der Waals surface area contributed by atoms with Crippen molar-refractivity contribution in [1.29, 1.82) is 5.26 Å². The standard InChI is InChI=1S/C14H25N3/c1-2-8-16-14(12-15)7-5-6-13(11-14)17-9-3-4-10-17/h13,16H,2-11H2,1H3. The molecule has 2 atom stereocenters. The lowest BCUT2D eigenvalue weighted by molar-refractivity contribution is 0.143. The van der Waals surface area contributed by atoms with E-state index in [2.05, 4.69) is 23.2 Å². The third-order valence-corrected chi connectivity index (χ3v) is 4.31. The zero-order valence-electron chi connectivity index (χ0n) is 11.0. The van der Waals surface area contributed by atoms with Gasteiger partial charge in [-0.3, -0.25) is 5.32 Å². The normalized spacial score (nSPS) is 34.7. The van der Waals surface area contributed by atoms with Gasteiger partial charge in [-0.05, 0) is 64.6 Å². The molecule has 3 heteroatoms. The molecule has 0 aromatic rings. The van der Waals surface area contributed by atoms with Crippen LogP contribution in [0.4, 0.5) is 0 Å². The highest BCUT2D eigenvalue weighted by atomic mass is 15.2. The number of likely N-dealkylation sites (tertiary alicyclic amines) is 1. The predicted molar refractivity (Wildman–Crippen MR) is 69.7 cm³/mol. The van der Waals surface area contributed by atoms with Crippen LogP contribution < -0.4 is 5.32 Å². The Kier molecular flexibility index (Phi) is 4.42. The monoisotopic (exact) mass is 235 g/mol. The van der Waals surface area contributed by atoms with Crippen molar-refractivity contribution >= 4 is 0 Å². The highest BCUT2D eigenvalue weighted by Gasteiger charge is 2.38. The van der Waals surface area contributed by atoms with Crippen molar-refractivity contribution in [1.82, 2.24) is 10.2 Å². The van der Waals surface area contributed by atoms with Gasteiger partial charge in [-0.2, -0.15) is 5.26 Å². The maximum Gasteiger partial charge on any atom is 0.108 e. The lowest BCUT2D eigenvalue weighted by Crippen LogP contribution is -2.52. The zero-order chi connectivity index (χ0) is 12.1. The van der Waals surface area contributed by atoms with E-state index in [-0.39, 0.29) is 5.54 Å². The van der Waals surface area contributed by atoms with Crippen molar-refractivity contribution in [3.63, 3.8) is 0 Å². The Morgan fingerprint density at radius 3 is 2.76 bits per heavy atom. The van der Waals surface area contributed by atoms with E-state index in [1.54, 1.807) is 0 Å². The average Bonchev–Trinajstić information content (AvgIpc) is 2.90. The van der Waals surface area contributed by atoms with E-state index in [9.17, 15) is 5.26 Å². The van der Waals surface area contributed by atoms with Crippen LogP contribution in [0, 0.1) is 11.3 Å². The van der Waals surface area contributed by atoms with Crippen LogP contribution in [0.2, 0.25) is 0 Å². The summed E-state index contributed by atoms with van der Waals surface area (Å²) in [6.45, 7) is 5.64. The van der Waals surface area contributed by atoms with Crippen LogP contribution in [0.25, 0.3) is 0 Å². The second-order valence-electron chi connectivity index (χ2n) is 5.61. The van der Waals surface area contributed by atoms with Crippen LogP contribution >= 0.6 is 0 Å². The molecule has 0 radical (unpaired) electrons. The Labute approximate surface area is 105 Å². The van der Waals surface area contributed by atoms with E-state index in [4.69, 9.17) is 0 Å². The van der Waals surface area contributed by atoms with Gasteiger partial charge in [0.25, 0.3) is 0 Å². The van der Waals surface area contributed by atoms with Gasteiger partial charge in [0.1, 0.15) is 5.54 Å². The third kappa shape index (κ3) is 3.00. The summed E-state index contributed by atoms with van der Waals surface area (Å²) < 4.78 is 0. The molecule has 1 heterocycles. The van der Waals surface area contributed by atoms with Gasteiger partial charge < -0.3 is 4.90 Å². The van der Waals surface area contributed by atoms with Crippen molar-refractivity contribution in [2.75, 3.05) is 19.6 Å². The Bertz CT molecular complexity index is 278. The number of nitrogens with one attached hydrogen (secondary N) is 1. The number of nitriles is 1. The number of rotatable bonds is 4. The van der Waals surface area contributed by atoms with Gasteiger partial charge in [0.05, 0.1) is 6.07 Å². The lowest BCUT2D eigenvalue weighted by atomic mass is 9.79. The lowest BCUT2D eigenvalue weighted by Gasteiger charge is -2.40. The third-order valence-electron chi connectivity index (χ3n) is 4.31. The first kappa shape index (κ1) is 12.9. The molecule has 0 bridgehead atoms. The number of nitrogens with zero attached hydrogens (tertiary/aromatic N) is 2. The van der Waals surface area contributed by atoms with E-state index in [1.807, 2.05) is 0 Å². The fraction of sp³-hybridized carbons (Fsp3) is 0.929. The fourth-order valence-electron chi connectivity index (χ4n) is 3.33. The molecule has 0 aromatic heterocycles. The van der Waals surface area contributed by atoms with Gasteiger partial charge >= 0.3 is 0 Å². The Morgan fingerprint density at radius 2 is 2.12 bits per heavy atom. The predicted octanol–water partition coefficient (Wildman–Crippen LogP) is 2.29. The second kappa shape index (κ2) is 5.84. The fourth-order valence-corrected chi connectivity index (χ4v) is 3.33. The van der Waals surface area contributed by atoms with Crippen LogP contribution in [0.1, 0.15) is 51.9 Å². The van der Waals surface area contributed by atoms with Gasteiger partial charge in [-0.1, -0.05) is 6.92 Å². The van der Waals surface area contributed by atoms with E-state index < -0.39 is 0 Å².